The molecule has 1 aromatic heterocycles. The van der Waals surface area contributed by atoms with Crippen molar-refractivity contribution in [3.05, 3.63) is 18.6 Å². The van der Waals surface area contributed by atoms with Crippen LogP contribution in [0.15, 0.2) is 18.6 Å². The smallest absolute Gasteiger partial charge is 0.227 e. The number of carbonyl (C=O) groups excluding carboxylic acids is 1. The first-order valence-electron chi connectivity index (χ1n) is 6.83. The summed E-state index contributed by atoms with van der Waals surface area (Å²) in [6.45, 7) is 2.68. The Morgan fingerprint density at radius 2 is 2.15 bits per heavy atom. The summed E-state index contributed by atoms with van der Waals surface area (Å²) < 4.78 is 5.30. The van der Waals surface area contributed by atoms with Gasteiger partial charge in [-0.05, 0) is 12.8 Å². The van der Waals surface area contributed by atoms with Gasteiger partial charge in [0.25, 0.3) is 0 Å². The molecule has 1 saturated heterocycles. The molecule has 1 aliphatic rings. The molecule has 1 aromatic rings. The molecule has 4 N–H and O–H groups in total. The van der Waals surface area contributed by atoms with Crippen LogP contribution in [0, 0.1) is 5.41 Å². The normalized spacial score (nSPS) is 17.4. The molecule has 20 heavy (non-hydrogen) atoms. The summed E-state index contributed by atoms with van der Waals surface area (Å²) >= 11 is 0. The number of hydrogen-bond donors (Lipinski definition) is 3. The average molecular weight is 279 g/mol. The molecule has 0 aliphatic carbocycles. The number of anilines is 1. The van der Waals surface area contributed by atoms with E-state index in [9.17, 15) is 4.79 Å². The van der Waals surface area contributed by atoms with Gasteiger partial charge in [-0.1, -0.05) is 0 Å². The van der Waals surface area contributed by atoms with Crippen molar-refractivity contribution in [1.29, 1.82) is 0 Å². The van der Waals surface area contributed by atoms with E-state index in [2.05, 4.69) is 20.6 Å². The summed E-state index contributed by atoms with van der Waals surface area (Å²) in [5.74, 6) is 0.714. The van der Waals surface area contributed by atoms with E-state index in [0.717, 1.165) is 0 Å². The number of nitrogens with one attached hydrogen (secondary N) is 2. The highest BCUT2D eigenvalue weighted by Crippen LogP contribution is 2.29. The molecule has 0 atom stereocenters. The van der Waals surface area contributed by atoms with E-state index in [0.29, 0.717) is 51.5 Å². The summed E-state index contributed by atoms with van der Waals surface area (Å²) in [5.41, 5.74) is 5.32. The Hall–Kier alpha value is -1.73. The summed E-state index contributed by atoms with van der Waals surface area (Å²) in [6, 6.07) is 0. The zero-order chi connectivity index (χ0) is 14.3. The van der Waals surface area contributed by atoms with Crippen molar-refractivity contribution in [2.24, 2.45) is 11.1 Å². The number of carbonyl (C=O) groups is 1. The summed E-state index contributed by atoms with van der Waals surface area (Å²) in [7, 11) is 0. The summed E-state index contributed by atoms with van der Waals surface area (Å²) in [5, 5.41) is 6.02. The van der Waals surface area contributed by atoms with Crippen molar-refractivity contribution in [2.45, 2.75) is 12.8 Å². The molecule has 7 nitrogen and oxygen atoms in total. The van der Waals surface area contributed by atoms with Gasteiger partial charge in [0.05, 0.1) is 11.6 Å². The van der Waals surface area contributed by atoms with Crippen LogP contribution in [-0.4, -0.2) is 48.7 Å². The molecule has 0 aromatic carbocycles. The molecule has 2 heterocycles. The Bertz CT molecular complexity index is 420. The van der Waals surface area contributed by atoms with Gasteiger partial charge in [-0.3, -0.25) is 9.78 Å². The molecule has 1 fully saturated rings. The van der Waals surface area contributed by atoms with Gasteiger partial charge in [0.15, 0.2) is 0 Å². The van der Waals surface area contributed by atoms with Crippen LogP contribution in [0.3, 0.4) is 0 Å². The van der Waals surface area contributed by atoms with Crippen LogP contribution in [0.4, 0.5) is 5.82 Å². The zero-order valence-corrected chi connectivity index (χ0v) is 11.5. The fourth-order valence-corrected chi connectivity index (χ4v) is 2.23. The van der Waals surface area contributed by atoms with Gasteiger partial charge in [0.2, 0.25) is 5.91 Å². The first kappa shape index (κ1) is 14.7. The van der Waals surface area contributed by atoms with E-state index in [1.54, 1.807) is 18.6 Å². The van der Waals surface area contributed by atoms with Crippen LogP contribution in [0.25, 0.3) is 0 Å². The third kappa shape index (κ3) is 3.64. The lowest BCUT2D eigenvalue weighted by Crippen LogP contribution is -2.50. The monoisotopic (exact) mass is 279 g/mol. The lowest BCUT2D eigenvalue weighted by Gasteiger charge is -2.34. The highest BCUT2D eigenvalue weighted by atomic mass is 16.5. The Morgan fingerprint density at radius 3 is 2.80 bits per heavy atom. The van der Waals surface area contributed by atoms with Crippen molar-refractivity contribution >= 4 is 11.7 Å². The Labute approximate surface area is 118 Å². The van der Waals surface area contributed by atoms with E-state index in [-0.39, 0.29) is 5.91 Å². The van der Waals surface area contributed by atoms with Gasteiger partial charge < -0.3 is 21.1 Å². The fraction of sp³-hybridized carbons (Fsp3) is 0.615. The topological polar surface area (TPSA) is 102 Å². The maximum Gasteiger partial charge on any atom is 0.227 e. The second kappa shape index (κ2) is 7.16. The number of nitrogens with two attached hydrogens (primary N) is 1. The number of hydrogen-bond acceptors (Lipinski definition) is 6. The van der Waals surface area contributed by atoms with E-state index in [4.69, 9.17) is 10.5 Å². The van der Waals surface area contributed by atoms with Crippen LogP contribution in [0.2, 0.25) is 0 Å². The van der Waals surface area contributed by atoms with Gasteiger partial charge in [0.1, 0.15) is 5.82 Å². The first-order chi connectivity index (χ1) is 9.77. The summed E-state index contributed by atoms with van der Waals surface area (Å²) in [4.78, 5) is 20.3. The van der Waals surface area contributed by atoms with Crippen molar-refractivity contribution in [3.8, 4) is 0 Å². The molecular formula is C13H21N5O2. The van der Waals surface area contributed by atoms with Crippen LogP contribution < -0.4 is 16.4 Å². The SMILES string of the molecule is NCC1(C(=O)NCCNc2cnccn2)CCOCC1. The molecule has 7 heteroatoms. The predicted molar refractivity (Wildman–Crippen MR) is 75.1 cm³/mol. The Morgan fingerprint density at radius 1 is 1.35 bits per heavy atom. The predicted octanol–water partition coefficient (Wildman–Crippen LogP) is -0.240. The minimum atomic E-state index is -0.467. The van der Waals surface area contributed by atoms with Gasteiger partial charge in [-0.2, -0.15) is 0 Å². The maximum atomic E-state index is 12.3. The zero-order valence-electron chi connectivity index (χ0n) is 11.5. The van der Waals surface area contributed by atoms with E-state index in [1.165, 1.54) is 0 Å². The first-order valence-corrected chi connectivity index (χ1v) is 6.83. The molecule has 2 rings (SSSR count). The third-order valence-electron chi connectivity index (χ3n) is 3.60. The van der Waals surface area contributed by atoms with E-state index < -0.39 is 5.41 Å². The lowest BCUT2D eigenvalue weighted by atomic mass is 9.79. The van der Waals surface area contributed by atoms with Crippen molar-refractivity contribution < 1.29 is 9.53 Å². The van der Waals surface area contributed by atoms with E-state index in [1.807, 2.05) is 0 Å². The highest BCUT2D eigenvalue weighted by molar-refractivity contribution is 5.83. The number of nitrogens with zero attached hydrogens (tertiary/aromatic N) is 2. The van der Waals surface area contributed by atoms with Gasteiger partial charge >= 0.3 is 0 Å². The highest BCUT2D eigenvalue weighted by Gasteiger charge is 2.38. The maximum absolute atomic E-state index is 12.3. The van der Waals surface area contributed by atoms with Gasteiger partial charge in [-0.15, -0.1) is 0 Å². The Balaban J connectivity index is 1.74. The second-order valence-corrected chi connectivity index (χ2v) is 4.87. The van der Waals surface area contributed by atoms with Crippen molar-refractivity contribution in [1.82, 2.24) is 15.3 Å². The minimum Gasteiger partial charge on any atom is -0.381 e. The molecule has 1 amide bonds. The van der Waals surface area contributed by atoms with Crippen LogP contribution in [-0.2, 0) is 9.53 Å². The second-order valence-electron chi connectivity index (χ2n) is 4.87. The van der Waals surface area contributed by atoms with Crippen LogP contribution in [0.1, 0.15) is 12.8 Å². The quantitative estimate of drug-likeness (QED) is 0.621. The number of aromatic nitrogens is 2. The molecule has 0 unspecified atom stereocenters. The fourth-order valence-electron chi connectivity index (χ4n) is 2.23. The average Bonchev–Trinajstić information content (AvgIpc) is 2.53. The van der Waals surface area contributed by atoms with Gasteiger partial charge in [0, 0.05) is 45.2 Å². The molecule has 0 radical (unpaired) electrons. The van der Waals surface area contributed by atoms with Crippen molar-refractivity contribution in [3.63, 3.8) is 0 Å². The molecule has 0 spiro atoms. The molecule has 110 valence electrons. The Kier molecular flexibility index (Phi) is 5.25. The molecule has 0 saturated carbocycles. The standard InChI is InChI=1S/C13H21N5O2/c14-10-13(1-7-20-8-2-13)12(19)18-6-5-17-11-9-15-3-4-16-11/h3-4,9H,1-2,5-8,10,14H2,(H,16,17)(H,18,19). The lowest BCUT2D eigenvalue weighted by molar-refractivity contribution is -0.135. The van der Waals surface area contributed by atoms with Crippen molar-refractivity contribution in [2.75, 3.05) is 38.2 Å². The third-order valence-corrected chi connectivity index (χ3v) is 3.60. The molecule has 0 bridgehead atoms. The van der Waals surface area contributed by atoms with Gasteiger partial charge in [-0.25, -0.2) is 4.98 Å². The van der Waals surface area contributed by atoms with Crippen LogP contribution >= 0.6 is 0 Å². The number of amides is 1. The number of rotatable bonds is 6. The van der Waals surface area contributed by atoms with E-state index >= 15 is 0 Å². The number of ether oxygens (including phenoxy) is 1. The largest absolute Gasteiger partial charge is 0.381 e. The molecule has 1 aliphatic heterocycles. The van der Waals surface area contributed by atoms with Crippen LogP contribution in [0.5, 0.6) is 0 Å². The summed E-state index contributed by atoms with van der Waals surface area (Å²) in [6.07, 6.45) is 6.25. The minimum absolute atomic E-state index is 0.0178. The molecular weight excluding hydrogens is 258 g/mol.